The summed E-state index contributed by atoms with van der Waals surface area (Å²) in [5.74, 6) is -0.906. The van der Waals surface area contributed by atoms with Crippen LogP contribution in [0.4, 0.5) is 14.5 Å². The molecule has 5 nitrogen and oxygen atoms in total. The predicted octanol–water partition coefficient (Wildman–Crippen LogP) is 5.80. The highest BCUT2D eigenvalue weighted by Gasteiger charge is 2.19. The Morgan fingerprint density at radius 3 is 2.12 bits per heavy atom. The molecule has 1 aromatic heterocycles. The maximum atomic E-state index is 13.2. The Balaban J connectivity index is 1.56. The maximum Gasteiger partial charge on any atom is 0.262 e. The Hall–Kier alpha value is -3.52. The highest BCUT2D eigenvalue weighted by atomic mass is 79.9. The average Bonchev–Trinajstić information content (AvgIpc) is 3.19. The second kappa shape index (κ2) is 9.74. The molecule has 4 aromatic rings. The third-order valence-corrected chi connectivity index (χ3v) is 5.15. The number of nitrogens with one attached hydrogen (secondary N) is 1. The first-order chi connectivity index (χ1) is 15.5. The van der Waals surface area contributed by atoms with Crippen LogP contribution in [0.25, 0.3) is 0 Å². The van der Waals surface area contributed by atoms with Gasteiger partial charge in [0.15, 0.2) is 0 Å². The van der Waals surface area contributed by atoms with Gasteiger partial charge in [-0.05, 0) is 59.7 Å². The summed E-state index contributed by atoms with van der Waals surface area (Å²) in [5, 5.41) is 7.22. The summed E-state index contributed by atoms with van der Waals surface area (Å²) in [7, 11) is 0. The number of nitrogens with zero attached hydrogens (tertiary/aromatic N) is 2. The summed E-state index contributed by atoms with van der Waals surface area (Å²) >= 11 is 3.36. The number of aromatic nitrogens is 2. The third-order valence-electron chi connectivity index (χ3n) is 4.62. The topological polar surface area (TPSA) is 56.2 Å². The number of rotatable bonds is 7. The van der Waals surface area contributed by atoms with Crippen molar-refractivity contribution in [1.82, 2.24) is 9.78 Å². The van der Waals surface area contributed by atoms with E-state index in [1.54, 1.807) is 47.3 Å². The lowest BCUT2D eigenvalue weighted by atomic mass is 10.2. The first-order valence-electron chi connectivity index (χ1n) is 9.72. The Morgan fingerprint density at radius 1 is 0.906 bits per heavy atom. The van der Waals surface area contributed by atoms with E-state index in [1.807, 2.05) is 12.1 Å². The van der Waals surface area contributed by atoms with Gasteiger partial charge in [-0.25, -0.2) is 8.78 Å². The molecule has 0 saturated heterocycles. The van der Waals surface area contributed by atoms with Gasteiger partial charge < -0.3 is 10.1 Å². The van der Waals surface area contributed by atoms with Crippen LogP contribution in [0.2, 0.25) is 0 Å². The van der Waals surface area contributed by atoms with Crippen molar-refractivity contribution in [3.8, 4) is 5.88 Å². The van der Waals surface area contributed by atoms with Crippen molar-refractivity contribution in [3.05, 3.63) is 112 Å². The van der Waals surface area contributed by atoms with Crippen LogP contribution in [-0.4, -0.2) is 15.7 Å². The molecular weight excluding hydrogens is 480 g/mol. The lowest BCUT2D eigenvalue weighted by Gasteiger charge is -2.07. The smallest absolute Gasteiger partial charge is 0.262 e. The van der Waals surface area contributed by atoms with E-state index in [4.69, 9.17) is 4.74 Å². The number of carbonyl (C=O) groups is 1. The van der Waals surface area contributed by atoms with Gasteiger partial charge in [0.05, 0.1) is 6.54 Å². The Bertz CT molecular complexity index is 1210. The zero-order valence-electron chi connectivity index (χ0n) is 16.8. The zero-order chi connectivity index (χ0) is 22.5. The van der Waals surface area contributed by atoms with Crippen LogP contribution in [-0.2, 0) is 13.2 Å². The van der Waals surface area contributed by atoms with Crippen molar-refractivity contribution in [2.45, 2.75) is 13.2 Å². The molecule has 0 aliphatic carbocycles. The van der Waals surface area contributed by atoms with E-state index in [0.29, 0.717) is 12.2 Å². The van der Waals surface area contributed by atoms with Crippen LogP contribution in [0, 0.1) is 11.6 Å². The molecular formula is C24H18BrF2N3O2. The van der Waals surface area contributed by atoms with Gasteiger partial charge in [-0.1, -0.05) is 40.2 Å². The van der Waals surface area contributed by atoms with Crippen molar-refractivity contribution in [2.24, 2.45) is 0 Å². The molecule has 0 atom stereocenters. The van der Waals surface area contributed by atoms with E-state index in [0.717, 1.165) is 15.6 Å². The molecule has 3 aromatic carbocycles. The summed E-state index contributed by atoms with van der Waals surface area (Å²) in [5.41, 5.74) is 2.42. The standard InChI is InChI=1S/C24H18BrF2N3O2/c25-18-5-11-21(12-6-18)28-23(31)22-14-30(13-16-1-7-19(26)8-2-16)29-24(22)32-15-17-3-9-20(27)10-4-17/h1-12,14H,13,15H2,(H,28,31). The summed E-state index contributed by atoms with van der Waals surface area (Å²) in [6.07, 6.45) is 1.58. The van der Waals surface area contributed by atoms with Gasteiger partial charge in [0, 0.05) is 16.4 Å². The van der Waals surface area contributed by atoms with Gasteiger partial charge >= 0.3 is 0 Å². The second-order valence-corrected chi connectivity index (χ2v) is 7.96. The molecule has 8 heteroatoms. The molecule has 0 aliphatic heterocycles. The first kappa shape index (κ1) is 21.7. The molecule has 0 radical (unpaired) electrons. The van der Waals surface area contributed by atoms with Crippen LogP contribution in [0.15, 0.2) is 83.5 Å². The SMILES string of the molecule is O=C(Nc1ccc(Br)cc1)c1cn(Cc2ccc(F)cc2)nc1OCc1ccc(F)cc1. The van der Waals surface area contributed by atoms with Crippen molar-refractivity contribution >= 4 is 27.5 Å². The summed E-state index contributed by atoms with van der Waals surface area (Å²) in [4.78, 5) is 12.9. The molecule has 0 aliphatic rings. The Labute approximate surface area is 191 Å². The van der Waals surface area contributed by atoms with E-state index in [2.05, 4.69) is 26.3 Å². The monoisotopic (exact) mass is 497 g/mol. The molecule has 0 unspecified atom stereocenters. The van der Waals surface area contributed by atoms with Crippen LogP contribution in [0.5, 0.6) is 5.88 Å². The van der Waals surface area contributed by atoms with E-state index in [9.17, 15) is 13.6 Å². The number of hydrogen-bond acceptors (Lipinski definition) is 3. The molecule has 1 heterocycles. The third kappa shape index (κ3) is 5.59. The molecule has 0 bridgehead atoms. The number of amides is 1. The molecule has 4 rings (SSSR count). The van der Waals surface area contributed by atoms with Gasteiger partial charge in [0.1, 0.15) is 23.8 Å². The van der Waals surface area contributed by atoms with Crippen molar-refractivity contribution in [3.63, 3.8) is 0 Å². The molecule has 1 N–H and O–H groups in total. The number of benzene rings is 3. The van der Waals surface area contributed by atoms with Crippen molar-refractivity contribution in [2.75, 3.05) is 5.32 Å². The highest BCUT2D eigenvalue weighted by Crippen LogP contribution is 2.22. The normalized spacial score (nSPS) is 10.7. The van der Waals surface area contributed by atoms with Crippen molar-refractivity contribution in [1.29, 1.82) is 0 Å². The maximum absolute atomic E-state index is 13.2. The van der Waals surface area contributed by atoms with Gasteiger partial charge in [0.25, 0.3) is 5.91 Å². The van der Waals surface area contributed by atoms with Crippen LogP contribution in [0.1, 0.15) is 21.5 Å². The molecule has 32 heavy (non-hydrogen) atoms. The first-order valence-corrected chi connectivity index (χ1v) is 10.5. The minimum Gasteiger partial charge on any atom is -0.471 e. The summed E-state index contributed by atoms with van der Waals surface area (Å²) in [6, 6.07) is 19.1. The highest BCUT2D eigenvalue weighted by molar-refractivity contribution is 9.10. The lowest BCUT2D eigenvalue weighted by molar-refractivity contribution is 0.102. The lowest BCUT2D eigenvalue weighted by Crippen LogP contribution is -2.12. The van der Waals surface area contributed by atoms with Gasteiger partial charge in [-0.15, -0.1) is 5.10 Å². The van der Waals surface area contributed by atoms with E-state index < -0.39 is 0 Å². The van der Waals surface area contributed by atoms with E-state index >= 15 is 0 Å². The Morgan fingerprint density at radius 2 is 1.50 bits per heavy atom. The number of anilines is 1. The molecule has 0 saturated carbocycles. The fraction of sp³-hybridized carbons (Fsp3) is 0.0833. The van der Waals surface area contributed by atoms with Crippen LogP contribution >= 0.6 is 15.9 Å². The number of carbonyl (C=O) groups excluding carboxylic acids is 1. The van der Waals surface area contributed by atoms with Crippen LogP contribution in [0.3, 0.4) is 0 Å². The summed E-state index contributed by atoms with van der Waals surface area (Å²) in [6.45, 7) is 0.450. The predicted molar refractivity (Wildman–Crippen MR) is 121 cm³/mol. The number of halogens is 3. The van der Waals surface area contributed by atoms with Crippen LogP contribution < -0.4 is 10.1 Å². The number of ether oxygens (including phenoxy) is 1. The number of hydrogen-bond donors (Lipinski definition) is 1. The van der Waals surface area contributed by atoms with Gasteiger partial charge in [-0.3, -0.25) is 9.48 Å². The quantitative estimate of drug-likeness (QED) is 0.350. The molecule has 0 spiro atoms. The fourth-order valence-corrected chi connectivity index (χ4v) is 3.25. The largest absolute Gasteiger partial charge is 0.471 e. The van der Waals surface area contributed by atoms with E-state index in [1.165, 1.54) is 24.3 Å². The zero-order valence-corrected chi connectivity index (χ0v) is 18.4. The summed E-state index contributed by atoms with van der Waals surface area (Å²) < 4.78 is 34.6. The molecule has 1 amide bonds. The second-order valence-electron chi connectivity index (χ2n) is 7.05. The minimum atomic E-state index is -0.383. The Kier molecular flexibility index (Phi) is 6.61. The van der Waals surface area contributed by atoms with Gasteiger partial charge in [0.2, 0.25) is 5.88 Å². The minimum absolute atomic E-state index is 0.117. The molecule has 0 fully saturated rings. The fourth-order valence-electron chi connectivity index (χ4n) is 2.99. The van der Waals surface area contributed by atoms with E-state index in [-0.39, 0.29) is 35.6 Å². The molecule has 162 valence electrons. The van der Waals surface area contributed by atoms with Gasteiger partial charge in [-0.2, -0.15) is 0 Å². The van der Waals surface area contributed by atoms with Crippen molar-refractivity contribution < 1.29 is 18.3 Å². The average molecular weight is 498 g/mol.